The van der Waals surface area contributed by atoms with E-state index in [9.17, 15) is 30.8 Å². The second kappa shape index (κ2) is 7.84. The summed E-state index contributed by atoms with van der Waals surface area (Å²) in [6.07, 6.45) is -3.95. The summed E-state index contributed by atoms with van der Waals surface area (Å²) in [6, 6.07) is 8.34. The summed E-state index contributed by atoms with van der Waals surface area (Å²) in [5, 5.41) is 0. The van der Waals surface area contributed by atoms with Crippen LogP contribution in [0.15, 0.2) is 53.4 Å². The Kier molecular flexibility index (Phi) is 5.70. The molecule has 164 valence electrons. The monoisotopic (exact) mass is 454 g/mol. The van der Waals surface area contributed by atoms with E-state index >= 15 is 0 Å². The third-order valence-electron chi connectivity index (χ3n) is 4.61. The molecule has 0 spiro atoms. The first-order valence-electron chi connectivity index (χ1n) is 8.96. The number of H-pyrrole nitrogens is 1. The number of nitrogens with zero attached hydrogens (tertiary/aromatic N) is 1. The van der Waals surface area contributed by atoms with E-state index < -0.39 is 39.0 Å². The van der Waals surface area contributed by atoms with Gasteiger partial charge in [-0.15, -0.1) is 0 Å². The van der Waals surface area contributed by atoms with E-state index in [0.29, 0.717) is 17.5 Å². The fraction of sp³-hybridized carbons (Fsp3) is 0.190. The lowest BCUT2D eigenvalue weighted by molar-refractivity contribution is -0.137. The Morgan fingerprint density at radius 3 is 2.10 bits per heavy atom. The predicted molar refractivity (Wildman–Crippen MR) is 108 cm³/mol. The summed E-state index contributed by atoms with van der Waals surface area (Å²) in [5.41, 5.74) is -0.726. The summed E-state index contributed by atoms with van der Waals surface area (Å²) in [4.78, 5) is 17.0. The van der Waals surface area contributed by atoms with Gasteiger partial charge in [-0.05, 0) is 62.4 Å². The molecule has 0 radical (unpaired) electrons. The predicted octanol–water partition coefficient (Wildman–Crippen LogP) is 5.17. The Morgan fingerprint density at radius 2 is 1.61 bits per heavy atom. The van der Waals surface area contributed by atoms with Gasteiger partial charge < -0.3 is 4.98 Å². The maximum absolute atomic E-state index is 13.7. The van der Waals surface area contributed by atoms with Crippen molar-refractivity contribution in [2.75, 3.05) is 11.2 Å². The van der Waals surface area contributed by atoms with Crippen LogP contribution in [0.2, 0.25) is 0 Å². The highest BCUT2D eigenvalue weighted by molar-refractivity contribution is 7.90. The first-order valence-corrected chi connectivity index (χ1v) is 10.9. The molecule has 0 aliphatic rings. The average molecular weight is 454 g/mol. The molecule has 0 atom stereocenters. The number of halogens is 4. The maximum Gasteiger partial charge on any atom is 0.418 e. The maximum atomic E-state index is 13.7. The van der Waals surface area contributed by atoms with Gasteiger partial charge in [0.25, 0.3) is 5.91 Å². The summed E-state index contributed by atoms with van der Waals surface area (Å²) >= 11 is 0. The molecule has 0 bridgehead atoms. The van der Waals surface area contributed by atoms with Crippen LogP contribution in [0.1, 0.15) is 27.3 Å². The summed E-state index contributed by atoms with van der Waals surface area (Å²) < 4.78 is 78.2. The van der Waals surface area contributed by atoms with Crippen molar-refractivity contribution in [2.45, 2.75) is 24.9 Å². The minimum atomic E-state index is -4.94. The van der Waals surface area contributed by atoms with Crippen LogP contribution in [0, 0.1) is 19.7 Å². The van der Waals surface area contributed by atoms with Gasteiger partial charge in [0.15, 0.2) is 9.84 Å². The van der Waals surface area contributed by atoms with Gasteiger partial charge in [-0.3, -0.25) is 9.69 Å². The zero-order chi connectivity index (χ0) is 23.1. The SMILES string of the molecule is Cc1cc(C(=O)N(c2ccc(S(C)(=O)=O)cc2)c2ccc(F)cc2C(F)(F)F)c(C)[nH]1. The number of hydrogen-bond acceptors (Lipinski definition) is 3. The fourth-order valence-corrected chi connectivity index (χ4v) is 3.84. The first-order chi connectivity index (χ1) is 14.3. The highest BCUT2D eigenvalue weighted by Crippen LogP contribution is 2.40. The first kappa shape index (κ1) is 22.5. The normalized spacial score (nSPS) is 12.1. The third-order valence-corrected chi connectivity index (χ3v) is 5.74. The molecule has 1 amide bonds. The lowest BCUT2D eigenvalue weighted by atomic mass is 10.1. The number of carbonyl (C=O) groups excluding carboxylic acids is 1. The molecule has 31 heavy (non-hydrogen) atoms. The van der Waals surface area contributed by atoms with Gasteiger partial charge in [-0.2, -0.15) is 13.2 Å². The summed E-state index contributed by atoms with van der Waals surface area (Å²) in [5.74, 6) is -1.89. The van der Waals surface area contributed by atoms with Crippen LogP contribution in [-0.4, -0.2) is 25.6 Å². The number of rotatable bonds is 4. The van der Waals surface area contributed by atoms with Crippen molar-refractivity contribution in [1.82, 2.24) is 4.98 Å². The van der Waals surface area contributed by atoms with Crippen LogP contribution in [0.25, 0.3) is 0 Å². The van der Waals surface area contributed by atoms with E-state index in [1.165, 1.54) is 30.3 Å². The summed E-state index contributed by atoms with van der Waals surface area (Å²) in [6.45, 7) is 3.29. The molecule has 1 aromatic heterocycles. The van der Waals surface area contributed by atoms with Crippen molar-refractivity contribution in [3.8, 4) is 0 Å². The Bertz CT molecular complexity index is 1250. The van der Waals surface area contributed by atoms with Crippen LogP contribution in [0.3, 0.4) is 0 Å². The number of amides is 1. The van der Waals surface area contributed by atoms with Gasteiger partial charge in [0.05, 0.1) is 21.7 Å². The quantitative estimate of drug-likeness (QED) is 0.553. The van der Waals surface area contributed by atoms with Gasteiger partial charge in [0.1, 0.15) is 5.82 Å². The average Bonchev–Trinajstić information content (AvgIpc) is 3.00. The second-order valence-electron chi connectivity index (χ2n) is 7.06. The van der Waals surface area contributed by atoms with Gasteiger partial charge >= 0.3 is 6.18 Å². The molecule has 5 nitrogen and oxygen atoms in total. The molecule has 0 unspecified atom stereocenters. The van der Waals surface area contributed by atoms with E-state index in [1.54, 1.807) is 13.8 Å². The minimum absolute atomic E-state index is 0.00670. The van der Waals surface area contributed by atoms with Crippen molar-refractivity contribution < 1.29 is 30.8 Å². The molecule has 2 aromatic carbocycles. The zero-order valence-corrected chi connectivity index (χ0v) is 17.5. The standard InChI is InChI=1S/C21H18F4N2O3S/c1-12-10-17(13(2)26-12)20(28)27(15-5-7-16(8-6-15)31(3,29)30)19-9-4-14(22)11-18(19)21(23,24)25/h4-11,26H,1-3H3. The van der Waals surface area contributed by atoms with Crippen LogP contribution in [0.5, 0.6) is 0 Å². The topological polar surface area (TPSA) is 70.2 Å². The number of carbonyl (C=O) groups is 1. The van der Waals surface area contributed by atoms with Crippen molar-refractivity contribution in [1.29, 1.82) is 0 Å². The molecule has 3 aromatic rings. The number of benzene rings is 2. The highest BCUT2D eigenvalue weighted by atomic mass is 32.2. The molecule has 10 heteroatoms. The van der Waals surface area contributed by atoms with Gasteiger partial charge in [0, 0.05) is 23.3 Å². The molecule has 0 aliphatic heterocycles. The van der Waals surface area contributed by atoms with Crippen LogP contribution in [0.4, 0.5) is 28.9 Å². The Morgan fingerprint density at radius 1 is 1.00 bits per heavy atom. The molecule has 0 saturated heterocycles. The summed E-state index contributed by atoms with van der Waals surface area (Å²) in [7, 11) is -3.56. The van der Waals surface area contributed by atoms with E-state index in [0.717, 1.165) is 23.3 Å². The second-order valence-corrected chi connectivity index (χ2v) is 9.07. The number of aryl methyl sites for hydroxylation is 2. The van der Waals surface area contributed by atoms with Crippen LogP contribution < -0.4 is 4.90 Å². The molecule has 0 saturated carbocycles. The molecule has 0 fully saturated rings. The highest BCUT2D eigenvalue weighted by Gasteiger charge is 2.37. The molecule has 0 aliphatic carbocycles. The van der Waals surface area contributed by atoms with Gasteiger partial charge in [-0.1, -0.05) is 0 Å². The van der Waals surface area contributed by atoms with Crippen LogP contribution >= 0.6 is 0 Å². The number of nitrogens with one attached hydrogen (secondary N) is 1. The van der Waals surface area contributed by atoms with E-state index in [2.05, 4.69) is 4.98 Å². The largest absolute Gasteiger partial charge is 0.418 e. The Hall–Kier alpha value is -3.14. The number of anilines is 2. The number of aromatic amines is 1. The van der Waals surface area contributed by atoms with E-state index in [-0.39, 0.29) is 16.1 Å². The van der Waals surface area contributed by atoms with Gasteiger partial charge in [-0.25, -0.2) is 12.8 Å². The fourth-order valence-electron chi connectivity index (χ4n) is 3.20. The number of aromatic nitrogens is 1. The molecule has 1 heterocycles. The van der Waals surface area contributed by atoms with Crippen LogP contribution in [-0.2, 0) is 16.0 Å². The number of alkyl halides is 3. The van der Waals surface area contributed by atoms with Crippen molar-refractivity contribution in [2.24, 2.45) is 0 Å². The lowest BCUT2D eigenvalue weighted by Crippen LogP contribution is -2.28. The van der Waals surface area contributed by atoms with Crippen molar-refractivity contribution in [3.05, 3.63) is 76.9 Å². The lowest BCUT2D eigenvalue weighted by Gasteiger charge is -2.26. The van der Waals surface area contributed by atoms with E-state index in [4.69, 9.17) is 0 Å². The minimum Gasteiger partial charge on any atom is -0.362 e. The Balaban J connectivity index is 2.26. The zero-order valence-electron chi connectivity index (χ0n) is 16.7. The number of hydrogen-bond donors (Lipinski definition) is 1. The third kappa shape index (κ3) is 4.63. The molecular formula is C21H18F4N2O3S. The van der Waals surface area contributed by atoms with Gasteiger partial charge in [0.2, 0.25) is 0 Å². The molecule has 3 rings (SSSR count). The van der Waals surface area contributed by atoms with Crippen molar-refractivity contribution in [3.63, 3.8) is 0 Å². The number of sulfone groups is 1. The Labute approximate surface area is 176 Å². The smallest absolute Gasteiger partial charge is 0.362 e. The van der Waals surface area contributed by atoms with E-state index in [1.807, 2.05) is 0 Å². The molecule has 1 N–H and O–H groups in total. The molecular weight excluding hydrogens is 436 g/mol. The van der Waals surface area contributed by atoms with Crippen molar-refractivity contribution >= 4 is 27.1 Å².